The van der Waals surface area contributed by atoms with Crippen LogP contribution in [0.25, 0.3) is 0 Å². The van der Waals surface area contributed by atoms with Crippen LogP contribution in [0.1, 0.15) is 18.9 Å². The molecular formula is C14H15ClN6. The SMILES string of the molecule is CCCNc1nc(Cl)nc(N(C)c2cccc(C#N)c2)n1. The minimum Gasteiger partial charge on any atom is -0.354 e. The second-order valence-corrected chi connectivity index (χ2v) is 4.71. The molecule has 0 unspecified atom stereocenters. The van der Waals surface area contributed by atoms with Crippen molar-refractivity contribution in [3.63, 3.8) is 0 Å². The number of nitrogens with zero attached hydrogens (tertiary/aromatic N) is 5. The molecule has 6 nitrogen and oxygen atoms in total. The van der Waals surface area contributed by atoms with Crippen LogP contribution in [0.5, 0.6) is 0 Å². The lowest BCUT2D eigenvalue weighted by atomic mass is 10.2. The zero-order valence-corrected chi connectivity index (χ0v) is 12.6. The fourth-order valence-electron chi connectivity index (χ4n) is 1.71. The summed E-state index contributed by atoms with van der Waals surface area (Å²) in [6.45, 7) is 2.81. The van der Waals surface area contributed by atoms with Crippen LogP contribution in [-0.2, 0) is 0 Å². The Hall–Kier alpha value is -2.39. The number of nitriles is 1. The molecule has 21 heavy (non-hydrogen) atoms. The maximum absolute atomic E-state index is 8.96. The zero-order chi connectivity index (χ0) is 15.2. The second kappa shape index (κ2) is 6.86. The van der Waals surface area contributed by atoms with Gasteiger partial charge in [-0.05, 0) is 36.2 Å². The van der Waals surface area contributed by atoms with Gasteiger partial charge in [0, 0.05) is 19.3 Å². The normalized spacial score (nSPS) is 10.0. The predicted molar refractivity (Wildman–Crippen MR) is 82.8 cm³/mol. The van der Waals surface area contributed by atoms with Gasteiger partial charge in [-0.15, -0.1) is 0 Å². The van der Waals surface area contributed by atoms with Gasteiger partial charge in [-0.25, -0.2) is 0 Å². The summed E-state index contributed by atoms with van der Waals surface area (Å²) in [6, 6.07) is 9.29. The summed E-state index contributed by atoms with van der Waals surface area (Å²) < 4.78 is 0. The molecule has 2 aromatic rings. The van der Waals surface area contributed by atoms with Crippen molar-refractivity contribution in [1.82, 2.24) is 15.0 Å². The van der Waals surface area contributed by atoms with Crippen molar-refractivity contribution < 1.29 is 0 Å². The van der Waals surface area contributed by atoms with Crippen LogP contribution in [-0.4, -0.2) is 28.5 Å². The molecular weight excluding hydrogens is 288 g/mol. The molecule has 0 fully saturated rings. The third-order valence-corrected chi connectivity index (χ3v) is 2.96. The highest BCUT2D eigenvalue weighted by Gasteiger charge is 2.11. The van der Waals surface area contributed by atoms with Crippen LogP contribution < -0.4 is 10.2 Å². The molecule has 1 aromatic heterocycles. The molecule has 2 rings (SSSR count). The first-order valence-corrected chi connectivity index (χ1v) is 6.91. The van der Waals surface area contributed by atoms with E-state index in [9.17, 15) is 0 Å². The summed E-state index contributed by atoms with van der Waals surface area (Å²) in [7, 11) is 1.81. The van der Waals surface area contributed by atoms with Gasteiger partial charge in [0.1, 0.15) is 0 Å². The van der Waals surface area contributed by atoms with E-state index >= 15 is 0 Å². The Kier molecular flexibility index (Phi) is 4.90. The average Bonchev–Trinajstić information content (AvgIpc) is 2.51. The lowest BCUT2D eigenvalue weighted by Gasteiger charge is -2.18. The van der Waals surface area contributed by atoms with Crippen molar-refractivity contribution in [3.8, 4) is 6.07 Å². The number of rotatable bonds is 5. The maximum atomic E-state index is 8.96. The monoisotopic (exact) mass is 302 g/mol. The van der Waals surface area contributed by atoms with Gasteiger partial charge >= 0.3 is 0 Å². The Morgan fingerprint density at radius 3 is 2.86 bits per heavy atom. The average molecular weight is 303 g/mol. The highest BCUT2D eigenvalue weighted by molar-refractivity contribution is 6.28. The van der Waals surface area contributed by atoms with Gasteiger partial charge in [0.05, 0.1) is 11.6 Å². The number of aromatic nitrogens is 3. The van der Waals surface area contributed by atoms with Crippen molar-refractivity contribution >= 4 is 29.2 Å². The molecule has 108 valence electrons. The van der Waals surface area contributed by atoms with E-state index < -0.39 is 0 Å². The molecule has 0 aliphatic rings. The van der Waals surface area contributed by atoms with Gasteiger partial charge in [0.2, 0.25) is 17.2 Å². The topological polar surface area (TPSA) is 77.7 Å². The molecule has 0 aliphatic heterocycles. The molecule has 0 spiro atoms. The number of benzene rings is 1. The van der Waals surface area contributed by atoms with Crippen LogP contribution in [0.3, 0.4) is 0 Å². The molecule has 1 heterocycles. The van der Waals surface area contributed by atoms with Gasteiger partial charge in [-0.1, -0.05) is 13.0 Å². The first kappa shape index (κ1) is 15.0. The third kappa shape index (κ3) is 3.80. The highest BCUT2D eigenvalue weighted by Crippen LogP contribution is 2.22. The zero-order valence-electron chi connectivity index (χ0n) is 11.8. The summed E-state index contributed by atoms with van der Waals surface area (Å²) in [5.41, 5.74) is 1.38. The highest BCUT2D eigenvalue weighted by atomic mass is 35.5. The molecule has 0 atom stereocenters. The Morgan fingerprint density at radius 2 is 2.14 bits per heavy atom. The lowest BCUT2D eigenvalue weighted by Crippen LogP contribution is -2.15. The van der Waals surface area contributed by atoms with Gasteiger partial charge in [-0.3, -0.25) is 0 Å². The first-order valence-electron chi connectivity index (χ1n) is 6.53. The van der Waals surface area contributed by atoms with Crippen LogP contribution in [0.2, 0.25) is 5.28 Å². The number of nitrogens with one attached hydrogen (secondary N) is 1. The van der Waals surface area contributed by atoms with Crippen molar-refractivity contribution in [3.05, 3.63) is 35.1 Å². The summed E-state index contributed by atoms with van der Waals surface area (Å²) in [5.74, 6) is 0.860. The summed E-state index contributed by atoms with van der Waals surface area (Å²) in [4.78, 5) is 14.2. The molecule has 1 N–H and O–H groups in total. The minimum absolute atomic E-state index is 0.127. The van der Waals surface area contributed by atoms with E-state index in [1.165, 1.54) is 0 Å². The number of anilines is 3. The van der Waals surface area contributed by atoms with Gasteiger partial charge in [0.15, 0.2) is 0 Å². The number of halogens is 1. The van der Waals surface area contributed by atoms with E-state index in [0.29, 0.717) is 17.5 Å². The molecule has 0 saturated heterocycles. The van der Waals surface area contributed by atoms with Crippen LogP contribution in [0, 0.1) is 11.3 Å². The Balaban J connectivity index is 2.31. The predicted octanol–water partition coefficient (Wildman–Crippen LogP) is 2.99. The molecule has 1 aromatic carbocycles. The first-order chi connectivity index (χ1) is 10.1. The van der Waals surface area contributed by atoms with Crippen molar-refractivity contribution in [2.75, 3.05) is 23.8 Å². The van der Waals surface area contributed by atoms with Gasteiger partial charge in [0.25, 0.3) is 0 Å². The van der Waals surface area contributed by atoms with Crippen LogP contribution in [0.4, 0.5) is 17.6 Å². The van der Waals surface area contributed by atoms with E-state index in [2.05, 4.69) is 33.3 Å². The quantitative estimate of drug-likeness (QED) is 0.915. The number of hydrogen-bond donors (Lipinski definition) is 1. The largest absolute Gasteiger partial charge is 0.354 e. The van der Waals surface area contributed by atoms with Crippen LogP contribution >= 0.6 is 11.6 Å². The summed E-state index contributed by atoms with van der Waals surface area (Å²) in [5, 5.41) is 12.2. The van der Waals surface area contributed by atoms with E-state index in [4.69, 9.17) is 16.9 Å². The molecule has 0 aliphatic carbocycles. The Morgan fingerprint density at radius 1 is 1.33 bits per heavy atom. The Bertz CT molecular complexity index is 667. The van der Waals surface area contributed by atoms with Crippen molar-refractivity contribution in [1.29, 1.82) is 5.26 Å². The van der Waals surface area contributed by atoms with Gasteiger partial charge < -0.3 is 10.2 Å². The molecule has 0 amide bonds. The molecule has 7 heteroatoms. The summed E-state index contributed by atoms with van der Waals surface area (Å²) >= 11 is 5.94. The van der Waals surface area contributed by atoms with Crippen molar-refractivity contribution in [2.45, 2.75) is 13.3 Å². The second-order valence-electron chi connectivity index (χ2n) is 4.38. The molecule has 0 bridgehead atoms. The van der Waals surface area contributed by atoms with E-state index in [1.807, 2.05) is 19.2 Å². The van der Waals surface area contributed by atoms with E-state index in [1.54, 1.807) is 17.0 Å². The molecule has 0 radical (unpaired) electrons. The van der Waals surface area contributed by atoms with Crippen LogP contribution in [0.15, 0.2) is 24.3 Å². The fraction of sp³-hybridized carbons (Fsp3) is 0.286. The maximum Gasteiger partial charge on any atom is 0.235 e. The fourth-order valence-corrected chi connectivity index (χ4v) is 1.86. The lowest BCUT2D eigenvalue weighted by molar-refractivity contribution is 0.926. The minimum atomic E-state index is 0.127. The van der Waals surface area contributed by atoms with E-state index in [-0.39, 0.29) is 5.28 Å². The Labute approximate surface area is 128 Å². The molecule has 0 saturated carbocycles. The smallest absolute Gasteiger partial charge is 0.235 e. The third-order valence-electron chi connectivity index (χ3n) is 2.79. The summed E-state index contributed by atoms with van der Waals surface area (Å²) in [6.07, 6.45) is 0.957. The van der Waals surface area contributed by atoms with Crippen molar-refractivity contribution in [2.24, 2.45) is 0 Å². The standard InChI is InChI=1S/C14H15ClN6/c1-3-7-17-13-18-12(15)19-14(20-13)21(2)11-6-4-5-10(8-11)9-16/h4-6,8H,3,7H2,1-2H3,(H,17,18,19,20). The van der Waals surface area contributed by atoms with Gasteiger partial charge in [-0.2, -0.15) is 20.2 Å². The number of hydrogen-bond acceptors (Lipinski definition) is 6. The van der Waals surface area contributed by atoms with E-state index in [0.717, 1.165) is 18.7 Å².